The fourth-order valence-electron chi connectivity index (χ4n) is 4.46. The Kier molecular flexibility index (Phi) is 7.97. The standard InChI is InChI=1S/C23H23F2N5O9P2/c24-14-3-1-5-16(8-14)38-40(32,33)36-10-13-7-19(30-12-27-20-21(30)28-23(26)29-22(20)31)18(13)11-37-41(34,35)39-17-6-2-4-15(25)9-17/h1-6,8-9,12-13,18-19H,7,10-11H2,(H,32,33)(H,34,35)(H3,26,28,29,31)/t13-,18+,19-/m1/s1. The fraction of sp³-hybridized carbons (Fsp3) is 0.261. The molecule has 0 radical (unpaired) electrons. The molecule has 2 aromatic heterocycles. The number of fused-ring (bicyclic) bond motifs is 1. The summed E-state index contributed by atoms with van der Waals surface area (Å²) in [6, 6.07) is 8.63. The number of rotatable bonds is 11. The molecule has 18 heteroatoms. The molecule has 2 heterocycles. The number of phosphoric ester groups is 2. The molecule has 1 fully saturated rings. The second-order valence-electron chi connectivity index (χ2n) is 9.13. The largest absolute Gasteiger partial charge is 0.527 e. The Balaban J connectivity index is 1.33. The molecule has 4 aromatic rings. The molecular formula is C23H23F2N5O9P2. The number of phosphoric acid groups is 2. The van der Waals surface area contributed by atoms with Gasteiger partial charge in [0.1, 0.15) is 23.1 Å². The lowest BCUT2D eigenvalue weighted by Crippen LogP contribution is -2.43. The highest BCUT2D eigenvalue weighted by atomic mass is 31.2. The number of nitrogens with zero attached hydrogens (tertiary/aromatic N) is 3. The second kappa shape index (κ2) is 11.3. The van der Waals surface area contributed by atoms with Crippen molar-refractivity contribution < 1.29 is 45.8 Å². The van der Waals surface area contributed by atoms with Crippen molar-refractivity contribution in [1.82, 2.24) is 19.5 Å². The molecule has 2 unspecified atom stereocenters. The number of H-pyrrole nitrogens is 1. The molecule has 1 saturated carbocycles. The Morgan fingerprint density at radius 2 is 1.59 bits per heavy atom. The van der Waals surface area contributed by atoms with Gasteiger partial charge < -0.3 is 19.3 Å². The summed E-state index contributed by atoms with van der Waals surface area (Å²) in [4.78, 5) is 43.1. The second-order valence-corrected chi connectivity index (χ2v) is 11.9. The fourth-order valence-corrected chi connectivity index (χ4v) is 6.07. The first-order chi connectivity index (χ1) is 19.4. The molecule has 1 aliphatic rings. The van der Waals surface area contributed by atoms with Gasteiger partial charge in [-0.2, -0.15) is 4.98 Å². The van der Waals surface area contributed by atoms with Gasteiger partial charge in [-0.3, -0.25) is 28.6 Å². The minimum absolute atomic E-state index is 0.00388. The van der Waals surface area contributed by atoms with E-state index in [1.807, 2.05) is 0 Å². The molecular weight excluding hydrogens is 590 g/mol. The molecule has 5 atom stereocenters. The molecule has 218 valence electrons. The van der Waals surface area contributed by atoms with Crippen LogP contribution in [-0.4, -0.2) is 42.5 Å². The van der Waals surface area contributed by atoms with Crippen LogP contribution in [0.3, 0.4) is 0 Å². The number of halogens is 2. The summed E-state index contributed by atoms with van der Waals surface area (Å²) in [7, 11) is -9.44. The van der Waals surface area contributed by atoms with Gasteiger partial charge >= 0.3 is 15.6 Å². The van der Waals surface area contributed by atoms with E-state index in [2.05, 4.69) is 15.0 Å². The van der Waals surface area contributed by atoms with Gasteiger partial charge in [-0.05, 0) is 36.6 Å². The van der Waals surface area contributed by atoms with E-state index >= 15 is 0 Å². The molecule has 1 aliphatic carbocycles. The van der Waals surface area contributed by atoms with Gasteiger partial charge in [0.15, 0.2) is 11.2 Å². The summed E-state index contributed by atoms with van der Waals surface area (Å²) >= 11 is 0. The van der Waals surface area contributed by atoms with Crippen LogP contribution in [-0.2, 0) is 18.2 Å². The highest BCUT2D eigenvalue weighted by Crippen LogP contribution is 2.52. The Bertz CT molecular complexity index is 1740. The van der Waals surface area contributed by atoms with Gasteiger partial charge in [-0.15, -0.1) is 0 Å². The number of anilines is 1. The molecule has 0 spiro atoms. The van der Waals surface area contributed by atoms with Gasteiger partial charge in [0.05, 0.1) is 19.5 Å². The van der Waals surface area contributed by atoms with Gasteiger partial charge in [-0.25, -0.2) is 22.9 Å². The maximum Gasteiger partial charge on any atom is 0.527 e. The van der Waals surface area contributed by atoms with Crippen LogP contribution in [0, 0.1) is 23.5 Å². The Hall–Kier alpha value is -3.65. The highest BCUT2D eigenvalue weighted by Gasteiger charge is 2.46. The van der Waals surface area contributed by atoms with E-state index in [9.17, 15) is 32.5 Å². The SMILES string of the molecule is Nc1nc2c(ncn2[C@@H]2C[C@H](COP(=O)(O)Oc3cccc(F)c3)[C@@H]2COP(=O)(O)Oc2cccc(F)c2)c(=O)[nH]1. The number of aromatic amines is 1. The maximum absolute atomic E-state index is 13.5. The molecule has 2 aromatic carbocycles. The van der Waals surface area contributed by atoms with Gasteiger partial charge in [0.2, 0.25) is 5.95 Å². The van der Waals surface area contributed by atoms with Crippen LogP contribution < -0.4 is 20.3 Å². The molecule has 14 nitrogen and oxygen atoms in total. The lowest BCUT2D eigenvalue weighted by atomic mass is 9.70. The van der Waals surface area contributed by atoms with Crippen molar-refractivity contribution in [2.75, 3.05) is 18.9 Å². The average Bonchev–Trinajstić information content (AvgIpc) is 3.26. The third-order valence-corrected chi connectivity index (χ3v) is 8.20. The maximum atomic E-state index is 13.5. The number of imidazole rings is 1. The molecule has 0 aliphatic heterocycles. The smallest absolute Gasteiger partial charge is 0.404 e. The van der Waals surface area contributed by atoms with Crippen LogP contribution in [0.4, 0.5) is 14.7 Å². The number of hydrogen-bond acceptors (Lipinski definition) is 10. The summed E-state index contributed by atoms with van der Waals surface area (Å²) in [5.74, 6) is -3.20. The van der Waals surface area contributed by atoms with E-state index in [-0.39, 0.29) is 41.6 Å². The predicted octanol–water partition coefficient (Wildman–Crippen LogP) is 3.55. The first-order valence-electron chi connectivity index (χ1n) is 12.0. The van der Waals surface area contributed by atoms with Crippen molar-refractivity contribution in [3.8, 4) is 11.5 Å². The van der Waals surface area contributed by atoms with Crippen molar-refractivity contribution in [2.45, 2.75) is 12.5 Å². The quantitative estimate of drug-likeness (QED) is 0.180. The monoisotopic (exact) mass is 613 g/mol. The van der Waals surface area contributed by atoms with Crippen molar-refractivity contribution in [3.63, 3.8) is 0 Å². The average molecular weight is 613 g/mol. The van der Waals surface area contributed by atoms with E-state index in [1.54, 1.807) is 0 Å². The van der Waals surface area contributed by atoms with Crippen molar-refractivity contribution in [1.29, 1.82) is 0 Å². The zero-order valence-corrected chi connectivity index (χ0v) is 22.7. The van der Waals surface area contributed by atoms with Crippen molar-refractivity contribution in [3.05, 3.63) is 76.8 Å². The number of hydrogen-bond donors (Lipinski definition) is 4. The van der Waals surface area contributed by atoms with Crippen molar-refractivity contribution in [2.24, 2.45) is 11.8 Å². The third-order valence-electron chi connectivity index (χ3n) is 6.37. The van der Waals surface area contributed by atoms with Crippen LogP contribution in [0.15, 0.2) is 59.7 Å². The highest BCUT2D eigenvalue weighted by molar-refractivity contribution is 7.48. The van der Waals surface area contributed by atoms with Gasteiger partial charge in [0.25, 0.3) is 5.56 Å². The van der Waals surface area contributed by atoms with Gasteiger partial charge in [-0.1, -0.05) is 12.1 Å². The zero-order chi connectivity index (χ0) is 29.4. The summed E-state index contributed by atoms with van der Waals surface area (Å²) in [6.07, 6.45) is 1.61. The first-order valence-corrected chi connectivity index (χ1v) is 15.0. The normalized spacial score (nSPS) is 21.5. The Morgan fingerprint density at radius 3 is 2.17 bits per heavy atom. The lowest BCUT2D eigenvalue weighted by molar-refractivity contribution is -0.00445. The van der Waals surface area contributed by atoms with Crippen LogP contribution in [0.5, 0.6) is 11.5 Å². The number of benzene rings is 2. The zero-order valence-electron chi connectivity index (χ0n) is 20.9. The van der Waals surface area contributed by atoms with Crippen LogP contribution >= 0.6 is 15.6 Å². The Labute approximate surface area is 229 Å². The topological polar surface area (TPSA) is 201 Å². The number of nitrogen functional groups attached to an aromatic ring is 1. The minimum Gasteiger partial charge on any atom is -0.404 e. The minimum atomic E-state index is -4.75. The van der Waals surface area contributed by atoms with E-state index in [0.717, 1.165) is 24.3 Å². The molecule has 0 amide bonds. The predicted molar refractivity (Wildman–Crippen MR) is 139 cm³/mol. The molecule has 5 N–H and O–H groups in total. The third kappa shape index (κ3) is 6.81. The van der Waals surface area contributed by atoms with Crippen LogP contribution in [0.2, 0.25) is 0 Å². The number of nitrogens with one attached hydrogen (secondary N) is 1. The van der Waals surface area contributed by atoms with E-state index in [4.69, 9.17) is 23.8 Å². The van der Waals surface area contributed by atoms with Gasteiger partial charge in [0, 0.05) is 24.1 Å². The summed E-state index contributed by atoms with van der Waals surface area (Å²) in [5.41, 5.74) is 5.26. The first kappa shape index (κ1) is 28.9. The van der Waals surface area contributed by atoms with E-state index in [0.29, 0.717) is 0 Å². The number of nitrogens with two attached hydrogens (primary N) is 1. The van der Waals surface area contributed by atoms with Crippen LogP contribution in [0.25, 0.3) is 11.2 Å². The summed E-state index contributed by atoms with van der Waals surface area (Å²) in [6.45, 7) is -0.794. The molecule has 41 heavy (non-hydrogen) atoms. The Morgan fingerprint density at radius 1 is 1.00 bits per heavy atom. The van der Waals surface area contributed by atoms with Crippen LogP contribution in [0.1, 0.15) is 12.5 Å². The summed E-state index contributed by atoms with van der Waals surface area (Å²) < 4.78 is 73.7. The van der Waals surface area contributed by atoms with E-state index < -0.39 is 57.3 Å². The summed E-state index contributed by atoms with van der Waals surface area (Å²) in [5, 5.41) is 0. The number of aromatic nitrogens is 4. The molecule has 0 saturated heterocycles. The van der Waals surface area contributed by atoms with E-state index in [1.165, 1.54) is 35.2 Å². The molecule has 5 rings (SSSR count). The van der Waals surface area contributed by atoms with Crippen molar-refractivity contribution >= 4 is 32.8 Å². The lowest BCUT2D eigenvalue weighted by Gasteiger charge is -2.45. The molecule has 0 bridgehead atoms.